The Labute approximate surface area is 206 Å². The molecule has 2 aromatic heterocycles. The zero-order chi connectivity index (χ0) is 26.3. The fourth-order valence-electron chi connectivity index (χ4n) is 2.68. The molecule has 0 saturated carbocycles. The summed E-state index contributed by atoms with van der Waals surface area (Å²) < 4.78 is 49.4. The number of anilines is 1. The molecule has 2 heterocycles. The summed E-state index contributed by atoms with van der Waals surface area (Å²) in [4.78, 5) is 34.2. The van der Waals surface area contributed by atoms with E-state index < -0.39 is 39.5 Å². The third-order valence-corrected chi connectivity index (χ3v) is 5.56. The molecule has 0 unspecified atom stereocenters. The number of methoxy groups -OCH3 is 1. The minimum absolute atomic E-state index is 0.180. The van der Waals surface area contributed by atoms with Crippen LogP contribution in [0.5, 0.6) is 23.1 Å². The number of carbonyl (C=O) groups is 2. The average Bonchev–Trinajstić information content (AvgIpc) is 2.83. The first-order valence-corrected chi connectivity index (χ1v) is 11.8. The number of aromatic nitrogens is 3. The number of aromatic carboxylic acids is 1. The van der Waals surface area contributed by atoms with Gasteiger partial charge in [-0.15, -0.1) is 0 Å². The summed E-state index contributed by atoms with van der Waals surface area (Å²) >= 11 is 0. The molecule has 0 amide bonds. The third kappa shape index (κ3) is 6.79. The average molecular weight is 519 g/mol. The first kappa shape index (κ1) is 26.2. The fourth-order valence-corrected chi connectivity index (χ4v) is 3.62. The maximum Gasteiger partial charge on any atom is 0.374 e. The number of aryl methyl sites for hydroxylation is 1. The van der Waals surface area contributed by atoms with E-state index in [0.717, 1.165) is 5.56 Å². The van der Waals surface area contributed by atoms with Crippen LogP contribution in [0, 0.1) is 6.92 Å². The van der Waals surface area contributed by atoms with E-state index in [9.17, 15) is 23.1 Å². The second kappa shape index (κ2) is 11.3. The summed E-state index contributed by atoms with van der Waals surface area (Å²) in [6.45, 7) is 2.51. The van der Waals surface area contributed by atoms with Crippen LogP contribution in [0.15, 0.2) is 47.6 Å². The number of esters is 1. The number of pyridine rings is 1. The van der Waals surface area contributed by atoms with E-state index in [1.807, 2.05) is 0 Å². The molecule has 0 aliphatic carbocycles. The predicted octanol–water partition coefficient (Wildman–Crippen LogP) is 2.42. The summed E-state index contributed by atoms with van der Waals surface area (Å²) in [6.07, 6.45) is 1.36. The number of carboxylic acid groups (broad SMARTS) is 1. The molecule has 0 saturated heterocycles. The van der Waals surface area contributed by atoms with Gasteiger partial charge in [-0.3, -0.25) is 9.52 Å². The molecule has 36 heavy (non-hydrogen) atoms. The molecule has 3 aromatic rings. The lowest BCUT2D eigenvalue weighted by Crippen LogP contribution is -2.19. The molecule has 1 aromatic carbocycles. The van der Waals surface area contributed by atoms with E-state index in [2.05, 4.69) is 19.7 Å². The minimum atomic E-state index is -4.33. The topological polar surface area (TPSA) is 176 Å². The Balaban J connectivity index is 2.08. The molecule has 13 nitrogen and oxygen atoms in total. The van der Waals surface area contributed by atoms with E-state index in [-0.39, 0.29) is 29.7 Å². The molecular formula is C22H22N4O9S. The highest BCUT2D eigenvalue weighted by atomic mass is 32.2. The molecule has 0 radical (unpaired) electrons. The summed E-state index contributed by atoms with van der Waals surface area (Å²) in [6, 6.07) is 9.11. The Hall–Kier alpha value is -4.46. The van der Waals surface area contributed by atoms with Crippen molar-refractivity contribution in [2.75, 3.05) is 25.0 Å². The van der Waals surface area contributed by atoms with Gasteiger partial charge in [0.15, 0.2) is 10.8 Å². The molecule has 0 aliphatic rings. The van der Waals surface area contributed by atoms with Gasteiger partial charge < -0.3 is 24.1 Å². The van der Waals surface area contributed by atoms with Gasteiger partial charge in [-0.1, -0.05) is 12.1 Å². The lowest BCUT2D eigenvalue weighted by Gasteiger charge is -2.16. The van der Waals surface area contributed by atoms with Crippen LogP contribution in [0.25, 0.3) is 0 Å². The molecule has 2 N–H and O–H groups in total. The summed E-state index contributed by atoms with van der Waals surface area (Å²) in [7, 11) is -2.88. The van der Waals surface area contributed by atoms with Gasteiger partial charge in [0.25, 0.3) is 15.9 Å². The first-order valence-electron chi connectivity index (χ1n) is 10.3. The summed E-state index contributed by atoms with van der Waals surface area (Å²) in [5.74, 6) is -3.54. The van der Waals surface area contributed by atoms with Crippen molar-refractivity contribution < 1.29 is 42.1 Å². The normalized spacial score (nSPS) is 10.9. The van der Waals surface area contributed by atoms with Gasteiger partial charge in [0.05, 0.1) is 7.11 Å². The van der Waals surface area contributed by atoms with Crippen LogP contribution in [0.2, 0.25) is 0 Å². The largest absolute Gasteiger partial charge is 0.497 e. The second-order valence-corrected chi connectivity index (χ2v) is 8.71. The van der Waals surface area contributed by atoms with E-state index in [4.69, 9.17) is 18.9 Å². The van der Waals surface area contributed by atoms with Gasteiger partial charge in [0.2, 0.25) is 11.6 Å². The Morgan fingerprint density at radius 3 is 2.47 bits per heavy atom. The van der Waals surface area contributed by atoms with E-state index in [1.165, 1.54) is 38.4 Å². The smallest absolute Gasteiger partial charge is 0.374 e. The monoisotopic (exact) mass is 518 g/mol. The van der Waals surface area contributed by atoms with Gasteiger partial charge in [0.1, 0.15) is 24.7 Å². The molecule has 0 atom stereocenters. The maximum absolute atomic E-state index is 13.0. The van der Waals surface area contributed by atoms with Crippen molar-refractivity contribution in [2.45, 2.75) is 18.9 Å². The Kier molecular flexibility index (Phi) is 8.22. The summed E-state index contributed by atoms with van der Waals surface area (Å²) in [5, 5.41) is 9.14. The molecule has 190 valence electrons. The van der Waals surface area contributed by atoms with Crippen molar-refractivity contribution in [1.82, 2.24) is 15.0 Å². The Morgan fingerprint density at radius 1 is 1.08 bits per heavy atom. The maximum atomic E-state index is 13.0. The Bertz CT molecular complexity index is 1360. The quantitative estimate of drug-likeness (QED) is 0.280. The lowest BCUT2D eigenvalue weighted by molar-refractivity contribution is -0.141. The lowest BCUT2D eigenvalue weighted by atomic mass is 10.3. The number of nitrogens with zero attached hydrogens (tertiary/aromatic N) is 3. The molecular weight excluding hydrogens is 496 g/mol. The molecule has 14 heteroatoms. The molecule has 0 spiro atoms. The number of benzene rings is 1. The molecule has 0 aliphatic heterocycles. The van der Waals surface area contributed by atoms with Gasteiger partial charge in [-0.25, -0.2) is 9.78 Å². The molecule has 0 fully saturated rings. The second-order valence-electron chi connectivity index (χ2n) is 7.08. The molecule has 0 bridgehead atoms. The first-order chi connectivity index (χ1) is 17.1. The van der Waals surface area contributed by atoms with Crippen LogP contribution in [-0.4, -0.2) is 60.7 Å². The number of sulfonamides is 1. The van der Waals surface area contributed by atoms with Crippen LogP contribution < -0.4 is 18.9 Å². The van der Waals surface area contributed by atoms with Crippen LogP contribution in [0.1, 0.15) is 23.1 Å². The number of hydrogen-bond donors (Lipinski definition) is 2. The highest BCUT2D eigenvalue weighted by Crippen LogP contribution is 2.38. The van der Waals surface area contributed by atoms with Crippen molar-refractivity contribution in [3.8, 4) is 23.1 Å². The van der Waals surface area contributed by atoms with E-state index in [1.54, 1.807) is 25.1 Å². The zero-order valence-corrected chi connectivity index (χ0v) is 20.2. The van der Waals surface area contributed by atoms with Gasteiger partial charge in [-0.2, -0.15) is 18.4 Å². The van der Waals surface area contributed by atoms with E-state index in [0.29, 0.717) is 5.75 Å². The number of nitrogens with one attached hydrogen (secondary N) is 1. The number of carbonyl (C=O) groups excluding carboxylic acids is 1. The minimum Gasteiger partial charge on any atom is -0.497 e. The fraction of sp³-hybridized carbons (Fsp3) is 0.227. The van der Waals surface area contributed by atoms with Gasteiger partial charge in [-0.05, 0) is 30.7 Å². The highest BCUT2D eigenvalue weighted by Gasteiger charge is 2.26. The number of hydrogen-bond acceptors (Lipinski definition) is 11. The van der Waals surface area contributed by atoms with Gasteiger partial charge >= 0.3 is 11.9 Å². The van der Waals surface area contributed by atoms with Crippen molar-refractivity contribution in [2.24, 2.45) is 0 Å². The van der Waals surface area contributed by atoms with Crippen LogP contribution in [0.3, 0.4) is 0 Å². The highest BCUT2D eigenvalue weighted by molar-refractivity contribution is 7.92. The third-order valence-electron chi connectivity index (χ3n) is 4.30. The van der Waals surface area contributed by atoms with Gasteiger partial charge in [0, 0.05) is 19.2 Å². The van der Waals surface area contributed by atoms with Crippen molar-refractivity contribution in [3.63, 3.8) is 0 Å². The SMILES string of the molecule is COc1cccc(Oc2c(NS(=O)(=O)c3ccc(C)cn3)nc(C(=O)O)nc2OCCOC(C)=O)c1. The standard InChI is InChI=1S/C22H22N4O9S/c1-13-7-8-17(23-12-13)36(30,31)26-19-18(35-16-6-4-5-15(11-16)32-3)21(25-20(24-19)22(28)29)34-10-9-33-14(2)27/h4-8,11-12H,9-10H2,1-3H3,(H,28,29)(H,24,25,26). The Morgan fingerprint density at radius 2 is 1.83 bits per heavy atom. The number of carboxylic acids is 1. The van der Waals surface area contributed by atoms with Crippen molar-refractivity contribution in [1.29, 1.82) is 0 Å². The zero-order valence-electron chi connectivity index (χ0n) is 19.4. The van der Waals surface area contributed by atoms with Crippen molar-refractivity contribution in [3.05, 3.63) is 54.0 Å². The number of rotatable bonds is 11. The van der Waals surface area contributed by atoms with Crippen LogP contribution in [0.4, 0.5) is 5.82 Å². The molecule has 3 rings (SSSR count). The van der Waals surface area contributed by atoms with Crippen molar-refractivity contribution >= 4 is 27.8 Å². The predicted molar refractivity (Wildman–Crippen MR) is 124 cm³/mol. The van der Waals surface area contributed by atoms with Crippen LogP contribution in [-0.2, 0) is 19.6 Å². The van der Waals surface area contributed by atoms with E-state index >= 15 is 0 Å². The summed E-state index contributed by atoms with van der Waals surface area (Å²) in [5.41, 5.74) is 0.731. The van der Waals surface area contributed by atoms with Crippen LogP contribution >= 0.6 is 0 Å². The number of ether oxygens (including phenoxy) is 4.